The van der Waals surface area contributed by atoms with Crippen LogP contribution in [0.2, 0.25) is 0 Å². The zero-order valence-corrected chi connectivity index (χ0v) is 17.0. The van der Waals surface area contributed by atoms with Crippen LogP contribution >= 0.6 is 0 Å². The number of aliphatic hydroxyl groups is 1. The average molecular weight is 342 g/mol. The summed E-state index contributed by atoms with van der Waals surface area (Å²) in [6.07, 6.45) is 4.65. The van der Waals surface area contributed by atoms with Gasteiger partial charge in [-0.25, -0.2) is 0 Å². The third-order valence-corrected chi connectivity index (χ3v) is 3.00. The maximum Gasteiger partial charge on any atom is 0.0681 e. The van der Waals surface area contributed by atoms with Crippen LogP contribution in [0.25, 0.3) is 0 Å². The molecule has 0 aliphatic rings. The molecule has 25 heavy (non-hydrogen) atoms. The van der Waals surface area contributed by atoms with Gasteiger partial charge in [-0.3, -0.25) is 4.98 Å². The lowest BCUT2D eigenvalue weighted by Crippen LogP contribution is -1.85. The smallest absolute Gasteiger partial charge is 0.0681 e. The Bertz CT molecular complexity index is 582. The Hall–Kier alpha value is -2.11. The maximum atomic E-state index is 8.66. The van der Waals surface area contributed by atoms with Crippen molar-refractivity contribution in [3.63, 3.8) is 0 Å². The van der Waals surface area contributed by atoms with E-state index in [1.807, 2.05) is 71.0 Å². The SMILES string of the molecule is CC.CC.CCC(C)C#Cc1cccnc1.Cc1cccc(CO)c1. The molecule has 1 heterocycles. The van der Waals surface area contributed by atoms with Gasteiger partial charge in [-0.1, -0.05) is 83.2 Å². The van der Waals surface area contributed by atoms with Crippen molar-refractivity contribution < 1.29 is 5.11 Å². The van der Waals surface area contributed by atoms with E-state index < -0.39 is 0 Å². The molecule has 0 amide bonds. The first-order valence-corrected chi connectivity index (χ1v) is 9.23. The number of aryl methyl sites for hydroxylation is 1. The van der Waals surface area contributed by atoms with Gasteiger partial charge in [-0.2, -0.15) is 0 Å². The third-order valence-electron chi connectivity index (χ3n) is 3.00. The van der Waals surface area contributed by atoms with Gasteiger partial charge >= 0.3 is 0 Å². The van der Waals surface area contributed by atoms with E-state index in [-0.39, 0.29) is 6.61 Å². The van der Waals surface area contributed by atoms with Crippen LogP contribution in [-0.2, 0) is 6.61 Å². The second kappa shape index (κ2) is 18.2. The fourth-order valence-corrected chi connectivity index (χ4v) is 1.56. The lowest BCUT2D eigenvalue weighted by atomic mass is 10.1. The van der Waals surface area contributed by atoms with E-state index in [9.17, 15) is 0 Å². The Morgan fingerprint density at radius 1 is 1.08 bits per heavy atom. The quantitative estimate of drug-likeness (QED) is 0.678. The van der Waals surface area contributed by atoms with Crippen molar-refractivity contribution in [2.75, 3.05) is 0 Å². The molecule has 0 fully saturated rings. The van der Waals surface area contributed by atoms with E-state index in [0.717, 1.165) is 17.5 Å². The van der Waals surface area contributed by atoms with Crippen molar-refractivity contribution in [2.45, 2.75) is 61.5 Å². The monoisotopic (exact) mass is 341 g/mol. The van der Waals surface area contributed by atoms with Crippen molar-refractivity contribution in [2.24, 2.45) is 5.92 Å². The number of benzene rings is 1. The van der Waals surface area contributed by atoms with Crippen LogP contribution in [0.5, 0.6) is 0 Å². The fourth-order valence-electron chi connectivity index (χ4n) is 1.56. The molecular formula is C23H35NO. The van der Waals surface area contributed by atoms with Crippen LogP contribution in [-0.4, -0.2) is 10.1 Å². The molecule has 1 N–H and O–H groups in total. The second-order valence-corrected chi connectivity index (χ2v) is 4.97. The zero-order chi connectivity index (χ0) is 19.5. The molecule has 2 nitrogen and oxygen atoms in total. The summed E-state index contributed by atoms with van der Waals surface area (Å²) >= 11 is 0. The average Bonchev–Trinajstić information content (AvgIpc) is 2.70. The molecule has 138 valence electrons. The molecule has 0 radical (unpaired) electrons. The topological polar surface area (TPSA) is 33.1 Å². The predicted octanol–water partition coefficient (Wildman–Crippen LogP) is 6.02. The van der Waals surface area contributed by atoms with Gasteiger partial charge in [0, 0.05) is 23.9 Å². The maximum absolute atomic E-state index is 8.66. The molecule has 0 saturated heterocycles. The Morgan fingerprint density at radius 3 is 2.20 bits per heavy atom. The van der Waals surface area contributed by atoms with Crippen molar-refractivity contribution in [3.8, 4) is 11.8 Å². The summed E-state index contributed by atoms with van der Waals surface area (Å²) in [5.41, 5.74) is 3.18. The molecule has 0 spiro atoms. The van der Waals surface area contributed by atoms with Crippen molar-refractivity contribution >= 4 is 0 Å². The van der Waals surface area contributed by atoms with E-state index >= 15 is 0 Å². The van der Waals surface area contributed by atoms with Gasteiger partial charge in [0.05, 0.1) is 6.61 Å². The van der Waals surface area contributed by atoms with Gasteiger partial charge in [0.2, 0.25) is 0 Å². The van der Waals surface area contributed by atoms with E-state index in [0.29, 0.717) is 5.92 Å². The molecule has 0 saturated carbocycles. The molecule has 2 rings (SSSR count). The highest BCUT2D eigenvalue weighted by molar-refractivity contribution is 5.31. The van der Waals surface area contributed by atoms with E-state index in [1.165, 1.54) is 5.56 Å². The predicted molar refractivity (Wildman–Crippen MR) is 110 cm³/mol. The van der Waals surface area contributed by atoms with Gasteiger partial charge in [-0.15, -0.1) is 0 Å². The lowest BCUT2D eigenvalue weighted by Gasteiger charge is -1.94. The minimum Gasteiger partial charge on any atom is -0.392 e. The van der Waals surface area contributed by atoms with Crippen molar-refractivity contribution in [1.29, 1.82) is 0 Å². The number of rotatable bonds is 2. The second-order valence-electron chi connectivity index (χ2n) is 4.97. The summed E-state index contributed by atoms with van der Waals surface area (Å²) in [5.74, 6) is 6.72. The Labute approximate surface area is 155 Å². The number of aliphatic hydroxyl groups excluding tert-OH is 1. The molecule has 1 aromatic heterocycles. The Balaban J connectivity index is 0. The van der Waals surface area contributed by atoms with E-state index in [2.05, 4.69) is 30.7 Å². The van der Waals surface area contributed by atoms with Gasteiger partial charge < -0.3 is 5.11 Å². The van der Waals surface area contributed by atoms with Crippen LogP contribution in [0.3, 0.4) is 0 Å². The summed E-state index contributed by atoms with van der Waals surface area (Å²) in [6, 6.07) is 11.7. The molecule has 0 bridgehead atoms. The first-order valence-electron chi connectivity index (χ1n) is 9.23. The highest BCUT2D eigenvalue weighted by Crippen LogP contribution is 2.02. The summed E-state index contributed by atoms with van der Waals surface area (Å²) < 4.78 is 0. The molecule has 1 unspecified atom stereocenters. The normalized spacial score (nSPS) is 9.44. The number of pyridine rings is 1. The molecule has 2 aromatic rings. The lowest BCUT2D eigenvalue weighted by molar-refractivity contribution is 0.282. The van der Waals surface area contributed by atoms with Crippen LogP contribution in [0.1, 0.15) is 64.7 Å². The van der Waals surface area contributed by atoms with Crippen LogP contribution in [0.4, 0.5) is 0 Å². The van der Waals surface area contributed by atoms with Gasteiger partial charge in [0.25, 0.3) is 0 Å². The van der Waals surface area contributed by atoms with Crippen molar-refractivity contribution in [3.05, 3.63) is 65.5 Å². The number of nitrogens with zero attached hydrogens (tertiary/aromatic N) is 1. The summed E-state index contributed by atoms with van der Waals surface area (Å²) in [6.45, 7) is 14.4. The van der Waals surface area contributed by atoms with E-state index in [4.69, 9.17) is 5.11 Å². The minimum atomic E-state index is 0.141. The van der Waals surface area contributed by atoms with E-state index in [1.54, 1.807) is 12.4 Å². The number of hydrogen-bond acceptors (Lipinski definition) is 2. The highest BCUT2D eigenvalue weighted by atomic mass is 16.3. The van der Waals surface area contributed by atoms with Crippen LogP contribution in [0.15, 0.2) is 48.8 Å². The highest BCUT2D eigenvalue weighted by Gasteiger charge is 1.89. The largest absolute Gasteiger partial charge is 0.392 e. The van der Waals surface area contributed by atoms with Crippen LogP contribution < -0.4 is 0 Å². The summed E-state index contributed by atoms with van der Waals surface area (Å²) in [7, 11) is 0. The fraction of sp³-hybridized carbons (Fsp3) is 0.435. The van der Waals surface area contributed by atoms with Gasteiger partial charge in [-0.05, 0) is 31.0 Å². The first-order chi connectivity index (χ1) is 12.2. The summed E-state index contributed by atoms with van der Waals surface area (Å²) in [4.78, 5) is 3.99. The van der Waals surface area contributed by atoms with Crippen molar-refractivity contribution in [1.82, 2.24) is 4.98 Å². The molecule has 0 aliphatic heterocycles. The molecule has 0 aliphatic carbocycles. The molecular weight excluding hydrogens is 306 g/mol. The molecule has 1 aromatic carbocycles. The molecule has 2 heteroatoms. The zero-order valence-electron chi connectivity index (χ0n) is 17.0. The number of hydrogen-bond donors (Lipinski definition) is 1. The third kappa shape index (κ3) is 14.0. The van der Waals surface area contributed by atoms with Gasteiger partial charge in [0.15, 0.2) is 0 Å². The number of aromatic nitrogens is 1. The molecule has 1 atom stereocenters. The van der Waals surface area contributed by atoms with Crippen LogP contribution in [0, 0.1) is 24.7 Å². The summed E-state index contributed by atoms with van der Waals surface area (Å²) in [5, 5.41) is 8.66. The van der Waals surface area contributed by atoms with Gasteiger partial charge in [0.1, 0.15) is 0 Å². The Kier molecular flexibility index (Phi) is 18.3. The first kappa shape index (κ1) is 25.1. The minimum absolute atomic E-state index is 0.141. The standard InChI is InChI=1S/C11H13N.C8H10O.2C2H6/c1-3-10(2)6-7-11-5-4-8-12-9-11;1-7-3-2-4-8(5-7)6-9;2*1-2/h4-5,8-10H,3H2,1-2H3;2-5,9H,6H2,1H3;2*1-2H3. The Morgan fingerprint density at radius 2 is 1.76 bits per heavy atom.